The Morgan fingerprint density at radius 1 is 1.53 bits per heavy atom. The molecule has 0 spiro atoms. The zero-order valence-electron chi connectivity index (χ0n) is 8.20. The second kappa shape index (κ2) is 5.09. The van der Waals surface area contributed by atoms with E-state index in [2.05, 4.69) is 16.9 Å². The molecule has 82 valence electrons. The van der Waals surface area contributed by atoms with Crippen LogP contribution in [0.5, 0.6) is 0 Å². The molecule has 1 N–H and O–H groups in total. The molecule has 2 atom stereocenters. The topological polar surface area (TPSA) is 45.8 Å². The summed E-state index contributed by atoms with van der Waals surface area (Å²) in [6.45, 7) is 2.19. The fourth-order valence-corrected chi connectivity index (χ4v) is 4.46. The predicted octanol–water partition coefficient (Wildman–Crippen LogP) is 2.28. The van der Waals surface area contributed by atoms with Crippen LogP contribution in [0.15, 0.2) is 11.0 Å². The van der Waals surface area contributed by atoms with Crippen molar-refractivity contribution in [3.05, 3.63) is 25.9 Å². The highest BCUT2D eigenvalue weighted by atomic mass is 127. The van der Waals surface area contributed by atoms with Gasteiger partial charge >= 0.3 is 0 Å². The molecule has 2 rings (SSSR count). The highest BCUT2D eigenvalue weighted by Gasteiger charge is 2.26. The van der Waals surface area contributed by atoms with E-state index in [9.17, 15) is 4.79 Å². The lowest BCUT2D eigenvalue weighted by molar-refractivity contribution is 0.811. The van der Waals surface area contributed by atoms with Gasteiger partial charge in [0.15, 0.2) is 0 Å². The molecule has 2 heterocycles. The summed E-state index contributed by atoms with van der Waals surface area (Å²) in [5.41, 5.74) is -0.0241. The number of rotatable bonds is 1. The molecule has 3 nitrogen and oxygen atoms in total. The molecule has 0 bridgehead atoms. The number of aromatic nitrogens is 2. The van der Waals surface area contributed by atoms with Gasteiger partial charge in [-0.1, -0.05) is 6.92 Å². The van der Waals surface area contributed by atoms with Gasteiger partial charge in [0.2, 0.25) is 0 Å². The Balaban J connectivity index is 2.28. The van der Waals surface area contributed by atoms with Crippen molar-refractivity contribution in [1.82, 2.24) is 9.97 Å². The van der Waals surface area contributed by atoms with Crippen molar-refractivity contribution in [2.75, 3.05) is 11.5 Å². The van der Waals surface area contributed by atoms with Crippen molar-refractivity contribution in [3.8, 4) is 0 Å². The summed E-state index contributed by atoms with van der Waals surface area (Å²) >= 11 is 5.83. The zero-order valence-corrected chi connectivity index (χ0v) is 12.0. The summed E-state index contributed by atoms with van der Waals surface area (Å²) in [5.74, 6) is 3.15. The van der Waals surface area contributed by atoms with Crippen LogP contribution in [0.4, 0.5) is 0 Å². The Morgan fingerprint density at radius 2 is 2.27 bits per heavy atom. The number of hydrogen-bond acceptors (Lipinski definition) is 4. The summed E-state index contributed by atoms with van der Waals surface area (Å²) in [5, 5.41) is 0.848. The third-order valence-electron chi connectivity index (χ3n) is 2.23. The normalized spacial score (nSPS) is 26.5. The molecule has 2 unspecified atom stereocenters. The molecule has 6 heteroatoms. The lowest BCUT2D eigenvalue weighted by Crippen LogP contribution is -2.22. The molecule has 1 aliphatic heterocycles. The van der Waals surface area contributed by atoms with E-state index in [-0.39, 0.29) is 5.56 Å². The van der Waals surface area contributed by atoms with Gasteiger partial charge < -0.3 is 4.98 Å². The van der Waals surface area contributed by atoms with Crippen LogP contribution in [0, 0.1) is 3.57 Å². The van der Waals surface area contributed by atoms with Gasteiger partial charge in [0.05, 0.1) is 8.82 Å². The van der Waals surface area contributed by atoms with Crippen LogP contribution in [0.3, 0.4) is 0 Å². The van der Waals surface area contributed by atoms with Crippen LogP contribution < -0.4 is 5.56 Å². The van der Waals surface area contributed by atoms with Crippen LogP contribution in [0.25, 0.3) is 0 Å². The summed E-state index contributed by atoms with van der Waals surface area (Å²) in [4.78, 5) is 18.7. The van der Waals surface area contributed by atoms with Crippen molar-refractivity contribution in [1.29, 1.82) is 0 Å². The van der Waals surface area contributed by atoms with Crippen LogP contribution in [0.2, 0.25) is 0 Å². The molecular weight excluding hydrogens is 343 g/mol. The minimum atomic E-state index is -0.0241. The summed E-state index contributed by atoms with van der Waals surface area (Å²) in [6.07, 6.45) is 1.65. The van der Waals surface area contributed by atoms with E-state index < -0.39 is 0 Å². The van der Waals surface area contributed by atoms with Crippen molar-refractivity contribution < 1.29 is 0 Å². The molecule has 1 saturated heterocycles. The van der Waals surface area contributed by atoms with Gasteiger partial charge in [-0.3, -0.25) is 4.79 Å². The van der Waals surface area contributed by atoms with Crippen LogP contribution in [0.1, 0.15) is 18.0 Å². The van der Waals surface area contributed by atoms with Crippen molar-refractivity contribution in [2.45, 2.75) is 17.4 Å². The molecule has 15 heavy (non-hydrogen) atoms. The first kappa shape index (κ1) is 11.8. The second-order valence-electron chi connectivity index (χ2n) is 3.31. The highest BCUT2D eigenvalue weighted by Crippen LogP contribution is 2.40. The van der Waals surface area contributed by atoms with E-state index in [0.717, 1.165) is 11.6 Å². The number of nitrogens with one attached hydrogen (secondary N) is 1. The molecule has 0 radical (unpaired) electrons. The largest absolute Gasteiger partial charge is 0.309 e. The molecule has 0 aromatic carbocycles. The minimum absolute atomic E-state index is 0.0241. The zero-order chi connectivity index (χ0) is 10.8. The lowest BCUT2D eigenvalue weighted by atomic mass is 10.3. The number of H-pyrrole nitrogens is 1. The second-order valence-corrected chi connectivity index (χ2v) is 7.21. The number of nitrogens with zero attached hydrogens (tertiary/aromatic N) is 1. The Hall–Kier alpha value is 0.310. The minimum Gasteiger partial charge on any atom is -0.309 e. The van der Waals surface area contributed by atoms with E-state index in [1.54, 1.807) is 6.20 Å². The Morgan fingerprint density at radius 3 is 2.93 bits per heavy atom. The molecule has 1 aliphatic rings. The fraction of sp³-hybridized carbons (Fsp3) is 0.556. The van der Waals surface area contributed by atoms with E-state index >= 15 is 0 Å². The molecule has 0 saturated carbocycles. The van der Waals surface area contributed by atoms with Crippen LogP contribution >= 0.6 is 46.1 Å². The smallest absolute Gasteiger partial charge is 0.264 e. The summed E-state index contributed by atoms with van der Waals surface area (Å²) in [6, 6.07) is 0. The van der Waals surface area contributed by atoms with Crippen LogP contribution in [-0.2, 0) is 0 Å². The maximum absolute atomic E-state index is 11.5. The van der Waals surface area contributed by atoms with Gasteiger partial charge in [-0.05, 0) is 22.6 Å². The van der Waals surface area contributed by atoms with Crippen molar-refractivity contribution in [3.63, 3.8) is 0 Å². The van der Waals surface area contributed by atoms with E-state index in [0.29, 0.717) is 14.1 Å². The van der Waals surface area contributed by atoms with Gasteiger partial charge in [0.1, 0.15) is 5.82 Å². The van der Waals surface area contributed by atoms with Gasteiger partial charge in [-0.15, -0.1) is 11.8 Å². The number of aromatic amines is 1. The maximum Gasteiger partial charge on any atom is 0.264 e. The molecule has 0 aliphatic carbocycles. The van der Waals surface area contributed by atoms with E-state index in [4.69, 9.17) is 0 Å². The average Bonchev–Trinajstić information content (AvgIpc) is 2.23. The first-order valence-corrected chi connectivity index (χ1v) is 7.84. The Labute approximate surface area is 110 Å². The standard InChI is InChI=1S/C9H11IN2OS2/c1-5-7(15-3-2-14-5)8-11-4-6(10)9(13)12-8/h4-5,7H,2-3H2,1H3,(H,11,12,13). The first-order chi connectivity index (χ1) is 7.18. The van der Waals surface area contributed by atoms with Crippen LogP contribution in [-0.4, -0.2) is 26.7 Å². The van der Waals surface area contributed by atoms with Gasteiger partial charge in [0.25, 0.3) is 5.56 Å². The van der Waals surface area contributed by atoms with E-state index in [1.165, 1.54) is 5.75 Å². The average molecular weight is 354 g/mol. The number of halogens is 1. The van der Waals surface area contributed by atoms with Gasteiger partial charge in [-0.2, -0.15) is 11.8 Å². The Bertz CT molecular complexity index is 409. The van der Waals surface area contributed by atoms with Crippen molar-refractivity contribution >= 4 is 46.1 Å². The Kier molecular flexibility index (Phi) is 4.00. The third kappa shape index (κ3) is 2.71. The monoisotopic (exact) mass is 354 g/mol. The highest BCUT2D eigenvalue weighted by molar-refractivity contribution is 14.1. The maximum atomic E-state index is 11.5. The number of hydrogen-bond donors (Lipinski definition) is 1. The third-order valence-corrected chi connectivity index (χ3v) is 6.10. The van der Waals surface area contributed by atoms with Gasteiger partial charge in [0, 0.05) is 23.0 Å². The molecule has 1 fully saturated rings. The number of thioether (sulfide) groups is 2. The molecule has 0 amide bonds. The molecule has 1 aromatic rings. The van der Waals surface area contributed by atoms with Crippen molar-refractivity contribution in [2.24, 2.45) is 0 Å². The van der Waals surface area contributed by atoms with E-state index in [1.807, 2.05) is 46.1 Å². The SMILES string of the molecule is CC1SCCSC1c1ncc(I)c(=O)[nH]1. The van der Waals surface area contributed by atoms with Gasteiger partial charge in [-0.25, -0.2) is 4.98 Å². The molecule has 1 aromatic heterocycles. The quantitative estimate of drug-likeness (QED) is 0.786. The summed E-state index contributed by atoms with van der Waals surface area (Å²) in [7, 11) is 0. The molecular formula is C9H11IN2OS2. The first-order valence-electron chi connectivity index (χ1n) is 4.66. The summed E-state index contributed by atoms with van der Waals surface area (Å²) < 4.78 is 0.650. The predicted molar refractivity (Wildman–Crippen MR) is 74.7 cm³/mol. The lowest BCUT2D eigenvalue weighted by Gasteiger charge is -2.26. The fourth-order valence-electron chi connectivity index (χ4n) is 1.47.